The Hall–Kier alpha value is -1.77. The number of benzene rings is 1. The summed E-state index contributed by atoms with van der Waals surface area (Å²) in [6.45, 7) is 0.923. The molecule has 1 aromatic carbocycles. The van der Waals surface area contributed by atoms with Crippen LogP contribution < -0.4 is 5.73 Å². The summed E-state index contributed by atoms with van der Waals surface area (Å²) in [6, 6.07) is 8.09. The van der Waals surface area contributed by atoms with Crippen LogP contribution in [0.25, 0.3) is 6.08 Å². The Balaban J connectivity index is 1.67. The number of carbonyl (C=O) groups excluding carboxylic acids is 1. The number of carbonyl (C=O) groups is 1. The first-order valence-electron chi connectivity index (χ1n) is 7.58. The standard InChI is InChI=1S/C17H22N2O/c18-15-9-6-13(7-10-15)8-11-17(20)19-12-2-4-14-3-1-5-16(14)19/h6-11,14,16H,1-5,12,18H2/b11-8+. The number of fused-ring (bicyclic) bond motifs is 1. The van der Waals surface area contributed by atoms with Crippen LogP contribution in [-0.2, 0) is 4.79 Å². The molecule has 1 saturated carbocycles. The SMILES string of the molecule is Nc1ccc(/C=C/C(=O)N2CCCC3CCCC32)cc1. The van der Waals surface area contributed by atoms with Gasteiger partial charge in [0.2, 0.25) is 5.91 Å². The van der Waals surface area contributed by atoms with E-state index in [2.05, 4.69) is 4.90 Å². The lowest BCUT2D eigenvalue weighted by molar-refractivity contribution is -0.130. The van der Waals surface area contributed by atoms with E-state index in [0.29, 0.717) is 6.04 Å². The topological polar surface area (TPSA) is 46.3 Å². The number of rotatable bonds is 2. The molecule has 1 heterocycles. The molecular weight excluding hydrogens is 248 g/mol. The maximum Gasteiger partial charge on any atom is 0.246 e. The number of piperidine rings is 1. The number of anilines is 1. The van der Waals surface area contributed by atoms with Crippen LogP contribution >= 0.6 is 0 Å². The van der Waals surface area contributed by atoms with Gasteiger partial charge in [-0.2, -0.15) is 0 Å². The van der Waals surface area contributed by atoms with Gasteiger partial charge in [-0.1, -0.05) is 18.6 Å². The van der Waals surface area contributed by atoms with E-state index >= 15 is 0 Å². The molecule has 1 amide bonds. The Bertz CT molecular complexity index is 506. The van der Waals surface area contributed by atoms with Crippen LogP contribution in [0.15, 0.2) is 30.3 Å². The third kappa shape index (κ3) is 2.72. The van der Waals surface area contributed by atoms with Gasteiger partial charge in [-0.25, -0.2) is 0 Å². The van der Waals surface area contributed by atoms with Crippen LogP contribution in [0.3, 0.4) is 0 Å². The molecule has 2 N–H and O–H groups in total. The Kier molecular flexibility index (Phi) is 3.77. The van der Waals surface area contributed by atoms with Crippen LogP contribution in [-0.4, -0.2) is 23.4 Å². The van der Waals surface area contributed by atoms with Crippen molar-refractivity contribution >= 4 is 17.7 Å². The van der Waals surface area contributed by atoms with Crippen molar-refractivity contribution in [2.24, 2.45) is 5.92 Å². The van der Waals surface area contributed by atoms with Gasteiger partial charge < -0.3 is 10.6 Å². The summed E-state index contributed by atoms with van der Waals surface area (Å²) in [7, 11) is 0. The van der Waals surface area contributed by atoms with E-state index in [0.717, 1.165) is 30.1 Å². The zero-order chi connectivity index (χ0) is 13.9. The number of likely N-dealkylation sites (tertiary alicyclic amines) is 1. The summed E-state index contributed by atoms with van der Waals surface area (Å²) >= 11 is 0. The predicted molar refractivity (Wildman–Crippen MR) is 82.0 cm³/mol. The first-order chi connectivity index (χ1) is 9.74. The summed E-state index contributed by atoms with van der Waals surface area (Å²) in [5.74, 6) is 0.913. The van der Waals surface area contributed by atoms with Gasteiger partial charge in [-0.3, -0.25) is 4.79 Å². The molecule has 0 spiro atoms. The Morgan fingerprint density at radius 1 is 1.15 bits per heavy atom. The maximum absolute atomic E-state index is 12.4. The lowest BCUT2D eigenvalue weighted by atomic mass is 9.92. The summed E-state index contributed by atoms with van der Waals surface area (Å²) in [6.07, 6.45) is 9.83. The highest BCUT2D eigenvalue weighted by Gasteiger charge is 2.36. The van der Waals surface area contributed by atoms with Crippen molar-refractivity contribution in [2.75, 3.05) is 12.3 Å². The molecule has 1 aliphatic carbocycles. The Morgan fingerprint density at radius 3 is 2.70 bits per heavy atom. The molecule has 2 unspecified atom stereocenters. The van der Waals surface area contributed by atoms with Crippen LogP contribution in [0, 0.1) is 5.92 Å². The minimum Gasteiger partial charge on any atom is -0.399 e. The summed E-state index contributed by atoms with van der Waals surface area (Å²) in [5, 5.41) is 0. The van der Waals surface area contributed by atoms with Crippen molar-refractivity contribution in [3.63, 3.8) is 0 Å². The zero-order valence-electron chi connectivity index (χ0n) is 11.8. The molecule has 3 nitrogen and oxygen atoms in total. The third-order valence-electron chi connectivity index (χ3n) is 4.63. The van der Waals surface area contributed by atoms with Crippen molar-refractivity contribution in [1.29, 1.82) is 0 Å². The number of nitrogens with zero attached hydrogens (tertiary/aromatic N) is 1. The van der Waals surface area contributed by atoms with Gasteiger partial charge in [-0.15, -0.1) is 0 Å². The molecule has 3 rings (SSSR count). The van der Waals surface area contributed by atoms with Crippen molar-refractivity contribution in [2.45, 2.75) is 38.1 Å². The molecule has 0 radical (unpaired) electrons. The first-order valence-corrected chi connectivity index (χ1v) is 7.58. The summed E-state index contributed by atoms with van der Waals surface area (Å²) in [4.78, 5) is 14.5. The van der Waals surface area contributed by atoms with E-state index in [4.69, 9.17) is 5.73 Å². The number of nitrogen functional groups attached to an aromatic ring is 1. The van der Waals surface area contributed by atoms with E-state index in [1.807, 2.05) is 30.3 Å². The maximum atomic E-state index is 12.4. The van der Waals surface area contributed by atoms with Gasteiger partial charge in [-0.05, 0) is 55.4 Å². The molecule has 0 bridgehead atoms. The molecular formula is C17H22N2O. The average Bonchev–Trinajstić information content (AvgIpc) is 2.94. The largest absolute Gasteiger partial charge is 0.399 e. The Morgan fingerprint density at radius 2 is 1.90 bits per heavy atom. The zero-order valence-corrected chi connectivity index (χ0v) is 11.8. The highest BCUT2D eigenvalue weighted by Crippen LogP contribution is 2.36. The Labute approximate surface area is 120 Å². The smallest absolute Gasteiger partial charge is 0.246 e. The van der Waals surface area contributed by atoms with Gasteiger partial charge in [0.15, 0.2) is 0 Å². The van der Waals surface area contributed by atoms with E-state index in [-0.39, 0.29) is 5.91 Å². The number of amides is 1. The number of hydrogen-bond donors (Lipinski definition) is 1. The molecule has 2 aliphatic rings. The molecule has 3 heteroatoms. The lowest BCUT2D eigenvalue weighted by Gasteiger charge is -2.37. The van der Waals surface area contributed by atoms with Crippen LogP contribution in [0.4, 0.5) is 5.69 Å². The van der Waals surface area contributed by atoms with E-state index < -0.39 is 0 Å². The van der Waals surface area contributed by atoms with Gasteiger partial charge in [0, 0.05) is 24.4 Å². The minimum atomic E-state index is 0.165. The van der Waals surface area contributed by atoms with Gasteiger partial charge >= 0.3 is 0 Å². The molecule has 20 heavy (non-hydrogen) atoms. The van der Waals surface area contributed by atoms with E-state index in [9.17, 15) is 4.79 Å². The molecule has 1 aromatic rings. The second kappa shape index (κ2) is 5.70. The highest BCUT2D eigenvalue weighted by molar-refractivity contribution is 5.92. The fourth-order valence-electron chi connectivity index (χ4n) is 3.60. The molecule has 2 fully saturated rings. The molecule has 0 aromatic heterocycles. The molecule has 1 aliphatic heterocycles. The number of hydrogen-bond acceptors (Lipinski definition) is 2. The normalized spacial score (nSPS) is 25.9. The van der Waals surface area contributed by atoms with Gasteiger partial charge in [0.05, 0.1) is 0 Å². The number of nitrogens with two attached hydrogens (primary N) is 1. The quantitative estimate of drug-likeness (QED) is 0.663. The van der Waals surface area contributed by atoms with Gasteiger partial charge in [0.25, 0.3) is 0 Å². The fourth-order valence-corrected chi connectivity index (χ4v) is 3.60. The second-order valence-electron chi connectivity index (χ2n) is 5.93. The molecule has 2 atom stereocenters. The minimum absolute atomic E-state index is 0.165. The van der Waals surface area contributed by atoms with Crippen LogP contribution in [0.2, 0.25) is 0 Å². The third-order valence-corrected chi connectivity index (χ3v) is 4.63. The monoisotopic (exact) mass is 270 g/mol. The van der Waals surface area contributed by atoms with Crippen molar-refractivity contribution in [3.8, 4) is 0 Å². The van der Waals surface area contributed by atoms with Crippen LogP contribution in [0.1, 0.15) is 37.7 Å². The summed E-state index contributed by atoms with van der Waals surface area (Å²) in [5.41, 5.74) is 7.43. The van der Waals surface area contributed by atoms with Crippen molar-refractivity contribution in [3.05, 3.63) is 35.9 Å². The first kappa shape index (κ1) is 13.2. The van der Waals surface area contributed by atoms with Crippen molar-refractivity contribution in [1.82, 2.24) is 4.90 Å². The average molecular weight is 270 g/mol. The van der Waals surface area contributed by atoms with E-state index in [1.54, 1.807) is 6.08 Å². The lowest BCUT2D eigenvalue weighted by Crippen LogP contribution is -2.45. The second-order valence-corrected chi connectivity index (χ2v) is 5.93. The molecule has 106 valence electrons. The van der Waals surface area contributed by atoms with Crippen molar-refractivity contribution < 1.29 is 4.79 Å². The fraction of sp³-hybridized carbons (Fsp3) is 0.471. The highest BCUT2D eigenvalue weighted by atomic mass is 16.2. The van der Waals surface area contributed by atoms with E-state index in [1.165, 1.54) is 25.7 Å². The van der Waals surface area contributed by atoms with Gasteiger partial charge in [0.1, 0.15) is 0 Å². The van der Waals surface area contributed by atoms with Crippen LogP contribution in [0.5, 0.6) is 0 Å². The molecule has 1 saturated heterocycles. The summed E-state index contributed by atoms with van der Waals surface area (Å²) < 4.78 is 0. The predicted octanol–water partition coefficient (Wildman–Crippen LogP) is 3.07.